The first-order valence-corrected chi connectivity index (χ1v) is 5.72. The van der Waals surface area contributed by atoms with Crippen LogP contribution in [0.4, 0.5) is 0 Å². The number of rotatable bonds is 2. The number of pyridine rings is 1. The molecule has 1 N–H and O–H groups in total. The molecule has 0 aliphatic heterocycles. The van der Waals surface area contributed by atoms with Crippen molar-refractivity contribution in [2.24, 2.45) is 0 Å². The number of hydrogen-bond acceptors (Lipinski definition) is 2. The van der Waals surface area contributed by atoms with Crippen LogP contribution < -0.4 is 0 Å². The minimum Gasteiger partial charge on any atom is -0.381 e. The Morgan fingerprint density at radius 3 is 2.53 bits per heavy atom. The van der Waals surface area contributed by atoms with Crippen molar-refractivity contribution in [2.45, 2.75) is 26.4 Å². The molecule has 1 heterocycles. The van der Waals surface area contributed by atoms with Gasteiger partial charge >= 0.3 is 0 Å². The molecule has 17 heavy (non-hydrogen) atoms. The topological polar surface area (TPSA) is 33.1 Å². The van der Waals surface area contributed by atoms with Crippen LogP contribution in [-0.2, 0) is 5.60 Å². The van der Waals surface area contributed by atoms with Gasteiger partial charge in [0.2, 0.25) is 0 Å². The lowest BCUT2D eigenvalue weighted by atomic mass is 9.86. The molecule has 2 nitrogen and oxygen atoms in total. The number of nitrogens with zero attached hydrogens (tertiary/aromatic N) is 1. The monoisotopic (exact) mass is 227 g/mol. The SMILES string of the molecule is Cc1ccc(C(C)(O)c2cccnc2)c(C)c1. The molecule has 1 atom stereocenters. The lowest BCUT2D eigenvalue weighted by Gasteiger charge is -2.26. The quantitative estimate of drug-likeness (QED) is 0.855. The Labute approximate surface area is 102 Å². The minimum atomic E-state index is -0.994. The van der Waals surface area contributed by atoms with Gasteiger partial charge in [-0.1, -0.05) is 29.8 Å². The van der Waals surface area contributed by atoms with E-state index in [-0.39, 0.29) is 0 Å². The summed E-state index contributed by atoms with van der Waals surface area (Å²) in [6, 6.07) is 9.82. The number of benzene rings is 1. The van der Waals surface area contributed by atoms with Gasteiger partial charge in [-0.15, -0.1) is 0 Å². The first-order chi connectivity index (χ1) is 8.01. The van der Waals surface area contributed by atoms with Crippen molar-refractivity contribution in [2.75, 3.05) is 0 Å². The van der Waals surface area contributed by atoms with Crippen molar-refractivity contribution in [3.63, 3.8) is 0 Å². The fourth-order valence-corrected chi connectivity index (χ4v) is 2.17. The highest BCUT2D eigenvalue weighted by atomic mass is 16.3. The van der Waals surface area contributed by atoms with Crippen molar-refractivity contribution >= 4 is 0 Å². The van der Waals surface area contributed by atoms with E-state index in [9.17, 15) is 5.11 Å². The third-order valence-electron chi connectivity index (χ3n) is 3.13. The Morgan fingerprint density at radius 2 is 1.94 bits per heavy atom. The van der Waals surface area contributed by atoms with Gasteiger partial charge < -0.3 is 5.11 Å². The predicted molar refractivity (Wildman–Crippen MR) is 68.8 cm³/mol. The maximum Gasteiger partial charge on any atom is 0.114 e. The molecule has 0 amide bonds. The normalized spacial score (nSPS) is 14.4. The maximum absolute atomic E-state index is 10.7. The molecule has 0 fully saturated rings. The second kappa shape index (κ2) is 4.30. The van der Waals surface area contributed by atoms with E-state index in [2.05, 4.69) is 18.0 Å². The number of hydrogen-bond donors (Lipinski definition) is 1. The van der Waals surface area contributed by atoms with Crippen LogP contribution in [0.5, 0.6) is 0 Å². The zero-order valence-corrected chi connectivity index (χ0v) is 10.4. The Morgan fingerprint density at radius 1 is 1.18 bits per heavy atom. The Balaban J connectivity index is 2.52. The van der Waals surface area contributed by atoms with E-state index in [1.165, 1.54) is 5.56 Å². The summed E-state index contributed by atoms with van der Waals surface area (Å²) in [5.74, 6) is 0. The third kappa shape index (κ3) is 2.22. The molecule has 2 heteroatoms. The van der Waals surface area contributed by atoms with Gasteiger partial charge in [0.25, 0.3) is 0 Å². The highest BCUT2D eigenvalue weighted by molar-refractivity contribution is 5.40. The van der Waals surface area contributed by atoms with Gasteiger partial charge in [0.15, 0.2) is 0 Å². The molecule has 88 valence electrons. The van der Waals surface area contributed by atoms with Crippen molar-refractivity contribution in [1.29, 1.82) is 0 Å². The predicted octanol–water partition coefficient (Wildman–Crippen LogP) is 2.95. The van der Waals surface area contributed by atoms with Crippen molar-refractivity contribution in [3.05, 3.63) is 65.0 Å². The standard InChI is InChI=1S/C15H17NO/c1-11-6-7-14(12(2)9-11)15(3,17)13-5-4-8-16-10-13/h4-10,17H,1-3H3. The molecule has 1 aromatic heterocycles. The van der Waals surface area contributed by atoms with Crippen LogP contribution in [0.25, 0.3) is 0 Å². The summed E-state index contributed by atoms with van der Waals surface area (Å²) in [4.78, 5) is 4.06. The van der Waals surface area contributed by atoms with Gasteiger partial charge in [0.1, 0.15) is 5.60 Å². The molecule has 0 aliphatic rings. The first kappa shape index (κ1) is 11.8. The van der Waals surface area contributed by atoms with Gasteiger partial charge in [-0.2, -0.15) is 0 Å². The molecular weight excluding hydrogens is 210 g/mol. The molecule has 1 unspecified atom stereocenters. The van der Waals surface area contributed by atoms with Crippen LogP contribution in [0.3, 0.4) is 0 Å². The Kier molecular flexibility index (Phi) is 2.99. The van der Waals surface area contributed by atoms with Crippen LogP contribution in [0.2, 0.25) is 0 Å². The van der Waals surface area contributed by atoms with Crippen LogP contribution in [-0.4, -0.2) is 10.1 Å². The van der Waals surface area contributed by atoms with Gasteiger partial charge in [0.05, 0.1) is 0 Å². The smallest absolute Gasteiger partial charge is 0.114 e. The van der Waals surface area contributed by atoms with E-state index in [1.54, 1.807) is 12.4 Å². The van der Waals surface area contributed by atoms with Crippen LogP contribution in [0.1, 0.15) is 29.2 Å². The lowest BCUT2D eigenvalue weighted by molar-refractivity contribution is 0.101. The zero-order valence-electron chi connectivity index (χ0n) is 10.4. The Hall–Kier alpha value is -1.67. The molecule has 0 aliphatic carbocycles. The van der Waals surface area contributed by atoms with E-state index in [0.29, 0.717) is 0 Å². The molecule has 2 aromatic rings. The van der Waals surface area contributed by atoms with Gasteiger partial charge in [-0.05, 0) is 38.0 Å². The largest absolute Gasteiger partial charge is 0.381 e. The lowest BCUT2D eigenvalue weighted by Crippen LogP contribution is -2.24. The number of aliphatic hydroxyl groups is 1. The second-order valence-electron chi connectivity index (χ2n) is 4.63. The van der Waals surface area contributed by atoms with Crippen LogP contribution in [0, 0.1) is 13.8 Å². The van der Waals surface area contributed by atoms with Gasteiger partial charge in [-0.25, -0.2) is 0 Å². The van der Waals surface area contributed by atoms with E-state index in [4.69, 9.17) is 0 Å². The average Bonchev–Trinajstić information content (AvgIpc) is 2.29. The molecule has 1 aromatic carbocycles. The molecule has 2 rings (SSSR count). The van der Waals surface area contributed by atoms with Crippen LogP contribution in [0.15, 0.2) is 42.7 Å². The summed E-state index contributed by atoms with van der Waals surface area (Å²) in [6.45, 7) is 5.88. The second-order valence-corrected chi connectivity index (χ2v) is 4.63. The van der Waals surface area contributed by atoms with Crippen molar-refractivity contribution in [3.8, 4) is 0 Å². The summed E-state index contributed by atoms with van der Waals surface area (Å²) in [6.07, 6.45) is 3.42. The van der Waals surface area contributed by atoms with E-state index >= 15 is 0 Å². The third-order valence-corrected chi connectivity index (χ3v) is 3.13. The van der Waals surface area contributed by atoms with E-state index in [0.717, 1.165) is 16.7 Å². The van der Waals surface area contributed by atoms with Gasteiger partial charge in [0, 0.05) is 18.0 Å². The summed E-state index contributed by atoms with van der Waals surface area (Å²) >= 11 is 0. The van der Waals surface area contributed by atoms with E-state index in [1.807, 2.05) is 38.1 Å². The summed E-state index contributed by atoms with van der Waals surface area (Å²) in [5.41, 5.74) is 3.04. The van der Waals surface area contributed by atoms with Crippen LogP contribution >= 0.6 is 0 Å². The molecule has 0 radical (unpaired) electrons. The summed E-state index contributed by atoms with van der Waals surface area (Å²) < 4.78 is 0. The minimum absolute atomic E-state index is 0.812. The van der Waals surface area contributed by atoms with E-state index < -0.39 is 5.60 Å². The maximum atomic E-state index is 10.7. The first-order valence-electron chi connectivity index (χ1n) is 5.72. The number of aromatic nitrogens is 1. The fraction of sp³-hybridized carbons (Fsp3) is 0.267. The average molecular weight is 227 g/mol. The van der Waals surface area contributed by atoms with Crippen molar-refractivity contribution in [1.82, 2.24) is 4.98 Å². The molecule has 0 spiro atoms. The molecular formula is C15H17NO. The zero-order chi connectivity index (χ0) is 12.5. The van der Waals surface area contributed by atoms with Crippen molar-refractivity contribution < 1.29 is 5.11 Å². The molecule has 0 saturated carbocycles. The highest BCUT2D eigenvalue weighted by Crippen LogP contribution is 2.31. The summed E-state index contributed by atoms with van der Waals surface area (Å²) in [5, 5.41) is 10.7. The molecule has 0 saturated heterocycles. The fourth-order valence-electron chi connectivity index (χ4n) is 2.17. The Bertz CT molecular complexity index is 518. The van der Waals surface area contributed by atoms with Gasteiger partial charge in [-0.3, -0.25) is 4.98 Å². The molecule has 0 bridgehead atoms. The highest BCUT2D eigenvalue weighted by Gasteiger charge is 2.27. The number of aryl methyl sites for hydroxylation is 2. The summed E-state index contributed by atoms with van der Waals surface area (Å²) in [7, 11) is 0.